The largest absolute Gasteiger partial charge is 0.506 e. The van der Waals surface area contributed by atoms with Crippen molar-refractivity contribution >= 4 is 84.4 Å². The van der Waals surface area contributed by atoms with Gasteiger partial charge in [0, 0.05) is 72.4 Å². The molecule has 19 nitrogen and oxygen atoms in total. The van der Waals surface area contributed by atoms with Gasteiger partial charge in [0.15, 0.2) is 0 Å². The van der Waals surface area contributed by atoms with Gasteiger partial charge in [-0.1, -0.05) is 97.1 Å². The number of nitrogens with one attached hydrogen (secondary N) is 6. The predicted octanol–water partition coefficient (Wildman–Crippen LogP) is 12.1. The van der Waals surface area contributed by atoms with Crippen LogP contribution in [0.4, 0.5) is 17.2 Å². The molecule has 0 fully saturated rings. The summed E-state index contributed by atoms with van der Waals surface area (Å²) in [5.74, 6) is -2.24. The van der Waals surface area contributed by atoms with E-state index in [0.717, 1.165) is 49.6 Å². The number of carbonyl (C=O) groups is 4. The number of aromatic nitrogens is 5. The lowest BCUT2D eigenvalue weighted by atomic mass is 10.0. The van der Waals surface area contributed by atoms with E-state index in [2.05, 4.69) is 35.9 Å². The summed E-state index contributed by atoms with van der Waals surface area (Å²) in [5, 5.41) is 31.2. The zero-order valence-corrected chi connectivity index (χ0v) is 49.3. The number of amides is 4. The number of aryl methyl sites for hydroxylation is 5. The van der Waals surface area contributed by atoms with E-state index >= 15 is 0 Å². The van der Waals surface area contributed by atoms with Gasteiger partial charge in [-0.3, -0.25) is 38.4 Å². The quantitative estimate of drug-likeness (QED) is 0.0672. The van der Waals surface area contributed by atoms with E-state index in [-0.39, 0.29) is 63.9 Å². The Morgan fingerprint density at radius 3 is 1.70 bits per heavy atom. The van der Waals surface area contributed by atoms with Crippen molar-refractivity contribution in [2.75, 3.05) is 22.6 Å². The first kappa shape index (κ1) is 61.6. The number of carbonyl (C=O) groups excluding carboxylic acids is 4. The predicted molar refractivity (Wildman–Crippen MR) is 359 cm³/mol. The molecule has 456 valence electrons. The lowest BCUT2D eigenvalue weighted by Gasteiger charge is -2.19. The number of anilines is 3. The van der Waals surface area contributed by atoms with Crippen molar-refractivity contribution in [2.24, 2.45) is 7.05 Å². The minimum Gasteiger partial charge on any atom is -0.506 e. The summed E-state index contributed by atoms with van der Waals surface area (Å²) in [4.78, 5) is 112. The van der Waals surface area contributed by atoms with E-state index in [9.17, 15) is 48.6 Å². The maximum absolute atomic E-state index is 12.7. The smallest absolute Gasteiger partial charge is 0.272 e. The summed E-state index contributed by atoms with van der Waals surface area (Å²) in [6, 6.07) is 57.2. The highest BCUT2D eigenvalue weighted by Crippen LogP contribution is 2.29. The normalized spacial score (nSPS) is 10.6. The fourth-order valence-corrected chi connectivity index (χ4v) is 9.53. The van der Waals surface area contributed by atoms with Crippen molar-refractivity contribution in [1.29, 1.82) is 0 Å². The van der Waals surface area contributed by atoms with Gasteiger partial charge in [-0.15, -0.1) is 0 Å². The lowest BCUT2D eigenvalue weighted by molar-refractivity contribution is 0.0947. The monoisotopic (exact) mass is 1200 g/mol. The molecule has 0 bridgehead atoms. The van der Waals surface area contributed by atoms with Gasteiger partial charge in [-0.25, -0.2) is 4.98 Å². The number of para-hydroxylation sites is 3. The van der Waals surface area contributed by atoms with Crippen molar-refractivity contribution in [3.05, 3.63) is 292 Å². The maximum Gasteiger partial charge on any atom is 0.272 e. The number of aromatic hydroxyl groups is 2. The number of hydrogen-bond acceptors (Lipinski definition) is 11. The fraction of sp³-hybridized carbons (Fsp3) is 0.100. The minimum absolute atomic E-state index is 0. The third-order valence-corrected chi connectivity index (χ3v) is 14.7. The average molecular weight is 1200 g/mol. The molecule has 19 heteroatoms. The summed E-state index contributed by atoms with van der Waals surface area (Å²) in [6.07, 6.45) is 1.51. The summed E-state index contributed by atoms with van der Waals surface area (Å²) < 4.78 is 1.38. The van der Waals surface area contributed by atoms with Crippen LogP contribution >= 0.6 is 0 Å². The van der Waals surface area contributed by atoms with Crippen LogP contribution in [0.3, 0.4) is 0 Å². The molecule has 0 atom stereocenters. The number of aromatic amines is 3. The first-order chi connectivity index (χ1) is 42.8. The van der Waals surface area contributed by atoms with Gasteiger partial charge in [0.1, 0.15) is 39.7 Å². The van der Waals surface area contributed by atoms with Crippen LogP contribution in [0.15, 0.2) is 219 Å². The van der Waals surface area contributed by atoms with Gasteiger partial charge in [0.05, 0.1) is 11.0 Å². The van der Waals surface area contributed by atoms with E-state index < -0.39 is 22.9 Å². The van der Waals surface area contributed by atoms with E-state index in [1.54, 1.807) is 141 Å². The summed E-state index contributed by atoms with van der Waals surface area (Å²) in [5.41, 5.74) is 7.18. The van der Waals surface area contributed by atoms with Crippen LogP contribution in [-0.2, 0) is 13.6 Å². The first-order valence-electron chi connectivity index (χ1n) is 27.9. The molecule has 7 aromatic carbocycles. The van der Waals surface area contributed by atoms with Crippen LogP contribution < -0.4 is 43.1 Å². The van der Waals surface area contributed by atoms with Gasteiger partial charge in [0.25, 0.3) is 45.9 Å². The Balaban J connectivity index is 0.000000262. The third kappa shape index (κ3) is 14.2. The molecule has 0 aliphatic heterocycles. The molecule has 89 heavy (non-hydrogen) atoms. The number of H-pyrrole nitrogens is 3. The van der Waals surface area contributed by atoms with Crippen LogP contribution in [0.5, 0.6) is 11.5 Å². The molecular formula is C70H71N9O10. The van der Waals surface area contributed by atoms with E-state index in [1.165, 1.54) is 15.7 Å². The van der Waals surface area contributed by atoms with Crippen molar-refractivity contribution in [3.8, 4) is 11.5 Å². The van der Waals surface area contributed by atoms with Crippen LogP contribution in [0.25, 0.3) is 43.6 Å². The van der Waals surface area contributed by atoms with Crippen LogP contribution in [0.1, 0.15) is 76.4 Å². The van der Waals surface area contributed by atoms with Gasteiger partial charge < -0.3 is 50.6 Å². The van der Waals surface area contributed by atoms with Gasteiger partial charge in [-0.2, -0.15) is 0 Å². The Kier molecular flexibility index (Phi) is 18.9. The first-order valence-corrected chi connectivity index (χ1v) is 27.9. The Morgan fingerprint density at radius 1 is 0.528 bits per heavy atom. The molecule has 4 amide bonds. The van der Waals surface area contributed by atoms with Gasteiger partial charge in [0.2, 0.25) is 0 Å². The Morgan fingerprint density at radius 2 is 1.06 bits per heavy atom. The number of fused-ring (bicyclic) bond motifs is 4. The van der Waals surface area contributed by atoms with Crippen molar-refractivity contribution < 1.29 is 36.5 Å². The highest BCUT2D eigenvalue weighted by atomic mass is 16.3. The summed E-state index contributed by atoms with van der Waals surface area (Å²) >= 11 is 0. The summed E-state index contributed by atoms with van der Waals surface area (Å²) in [7, 11) is 3.16. The van der Waals surface area contributed by atoms with Crippen molar-refractivity contribution in [3.63, 3.8) is 0 Å². The Labute approximate surface area is 516 Å². The van der Waals surface area contributed by atoms with Gasteiger partial charge in [-0.05, 0) is 158 Å². The SMILES string of the molecule is CN(C(=O)c1c(O)c2ccccc2n(C)c1=O)c1ccccc1.Cc1cc2cc(C(=O)NCc3ccccc3)c(=O)[nH]c2cc1C.Cc1cc2cc(NC(=O)c3ccccc3)c(=O)[nH]c2cc1C.O=C(Nc1ccccn1)c1c(O)c2ccccc2[nH]c1=O.[HH].[HH].[HH].[HH].[HH]. The molecule has 5 heterocycles. The molecule has 0 saturated carbocycles. The summed E-state index contributed by atoms with van der Waals surface area (Å²) in [6.45, 7) is 8.41. The molecule has 0 unspecified atom stereocenters. The standard InChI is InChI=1S/C19H18N2O2.C18H16N2O3.C18H16N2O2.C15H11N3O3.5H2/c1-12-8-15-10-16(19(23)21-17(15)9-13(12)2)18(22)20-11-14-6-4-3-5-7-14;1-19(12-8-4-3-5-9-12)17(22)15-16(21)13-10-6-7-11-14(13)20(2)18(15)23;1-11-8-14-10-16(18(22)19-15(14)9-12(11)2)20-17(21)13-6-4-3-5-7-13;19-13-9-5-1-2-6-10(9)17-14(20)12(13)15(21)18-11-7-3-4-8-16-11;;;;;/h3-10H,11H2,1-2H3,(H,20,22)(H,21,23);3-11,21H,1-2H3;3-10H,1-2H3,(H,19,22)(H,20,21);1-8H,(H,16,18,21)(H2,17,19,20);5*1H. The number of hydrogen-bond donors (Lipinski definition) is 8. The number of benzene rings is 7. The van der Waals surface area contributed by atoms with Gasteiger partial charge >= 0.3 is 0 Å². The van der Waals surface area contributed by atoms with Crippen LogP contribution in [0, 0.1) is 27.7 Å². The van der Waals surface area contributed by atoms with Crippen LogP contribution in [0.2, 0.25) is 0 Å². The third-order valence-electron chi connectivity index (χ3n) is 14.7. The molecule has 5 aromatic heterocycles. The molecule has 0 aliphatic rings. The second-order valence-electron chi connectivity index (χ2n) is 20.8. The number of pyridine rings is 5. The zero-order valence-electron chi connectivity index (χ0n) is 49.3. The molecule has 8 N–H and O–H groups in total. The van der Waals surface area contributed by atoms with E-state index in [1.807, 2.05) is 94.4 Å². The average Bonchev–Trinajstić information content (AvgIpc) is 0.850. The topological polar surface area (TPSA) is 282 Å². The number of rotatable bonds is 9. The molecule has 0 aliphatic carbocycles. The second kappa shape index (κ2) is 27.4. The fourth-order valence-electron chi connectivity index (χ4n) is 9.53. The van der Waals surface area contributed by atoms with E-state index in [4.69, 9.17) is 0 Å². The lowest BCUT2D eigenvalue weighted by Crippen LogP contribution is -2.34. The zero-order chi connectivity index (χ0) is 63.5. The molecule has 0 spiro atoms. The molecule has 0 radical (unpaired) electrons. The Hall–Kier alpha value is -12.0. The molecule has 12 aromatic rings. The van der Waals surface area contributed by atoms with E-state index in [0.29, 0.717) is 45.4 Å². The Bertz CT molecular complexity index is 4920. The molecular weight excluding hydrogens is 1130 g/mol. The molecule has 0 saturated heterocycles. The minimum atomic E-state index is -0.710. The highest BCUT2D eigenvalue weighted by Gasteiger charge is 2.25. The second-order valence-corrected chi connectivity index (χ2v) is 20.8. The molecule has 12 rings (SSSR count). The van der Waals surface area contributed by atoms with Crippen LogP contribution in [-0.4, -0.2) is 65.4 Å². The van der Waals surface area contributed by atoms with Crippen molar-refractivity contribution in [2.45, 2.75) is 34.2 Å². The van der Waals surface area contributed by atoms with Crippen molar-refractivity contribution in [1.82, 2.24) is 29.8 Å². The maximum atomic E-state index is 12.7. The number of nitrogens with zero attached hydrogens (tertiary/aromatic N) is 3. The highest BCUT2D eigenvalue weighted by molar-refractivity contribution is 6.11.